The van der Waals surface area contributed by atoms with Gasteiger partial charge in [0.15, 0.2) is 0 Å². The third-order valence-electron chi connectivity index (χ3n) is 8.08. The summed E-state index contributed by atoms with van der Waals surface area (Å²) in [6, 6.07) is -5.31. The van der Waals surface area contributed by atoms with Crippen molar-refractivity contribution in [3.63, 3.8) is 0 Å². The molecule has 2 aliphatic heterocycles. The Morgan fingerprint density at radius 1 is 0.721 bits per heavy atom. The number of likely N-dealkylation sites (tertiary alicyclic amines) is 2. The van der Waals surface area contributed by atoms with E-state index in [2.05, 4.69) is 16.0 Å². The Hall–Kier alpha value is -3.22. The van der Waals surface area contributed by atoms with Gasteiger partial charge in [-0.3, -0.25) is 24.0 Å². The molecule has 0 saturated carbocycles. The van der Waals surface area contributed by atoms with Crippen LogP contribution < -0.4 is 21.7 Å². The maximum Gasteiger partial charge on any atom is 0.326 e. The first-order chi connectivity index (χ1) is 20.0. The van der Waals surface area contributed by atoms with Crippen molar-refractivity contribution in [1.82, 2.24) is 25.8 Å². The van der Waals surface area contributed by atoms with Gasteiger partial charge in [-0.05, 0) is 63.2 Å². The molecule has 0 radical (unpaired) electrons. The van der Waals surface area contributed by atoms with Gasteiger partial charge in [-0.2, -0.15) is 0 Å². The van der Waals surface area contributed by atoms with E-state index in [-0.39, 0.29) is 17.8 Å². The Bertz CT molecular complexity index is 1030. The molecule has 13 heteroatoms. The van der Waals surface area contributed by atoms with Crippen LogP contribution in [0.3, 0.4) is 0 Å². The van der Waals surface area contributed by atoms with E-state index in [0.717, 1.165) is 0 Å². The van der Waals surface area contributed by atoms with Gasteiger partial charge in [-0.25, -0.2) is 4.79 Å². The largest absolute Gasteiger partial charge is 0.480 e. The summed E-state index contributed by atoms with van der Waals surface area (Å²) in [5.41, 5.74) is 5.89. The Labute approximate surface area is 255 Å². The third kappa shape index (κ3) is 9.90. The molecule has 0 aromatic rings. The minimum atomic E-state index is -1.07. The molecule has 0 bridgehead atoms. The standard InChI is InChI=1S/C30H52N6O7/c1-16(2)14-20(33-25(37)19(7)32-27(39)24(31)18(5)6)28(40)35-12-8-10-22(35)26(38)34-21(15-17(3)4)29(41)36-13-9-11-23(36)30(42)43/h16-24H,8-15,31H2,1-7H3,(H,32,39)(H,33,37)(H,34,38)(H,42,43)/t19-,20-,21-,22-,23-,24-/m0/s1. The summed E-state index contributed by atoms with van der Waals surface area (Å²) >= 11 is 0. The van der Waals surface area contributed by atoms with Gasteiger partial charge in [-0.15, -0.1) is 0 Å². The number of nitrogens with zero attached hydrogens (tertiary/aromatic N) is 2. The van der Waals surface area contributed by atoms with Crippen LogP contribution in [-0.4, -0.2) is 99.8 Å². The Morgan fingerprint density at radius 3 is 1.65 bits per heavy atom. The first-order valence-electron chi connectivity index (χ1n) is 15.6. The minimum Gasteiger partial charge on any atom is -0.480 e. The number of amides is 5. The van der Waals surface area contributed by atoms with Crippen LogP contribution in [0, 0.1) is 17.8 Å². The highest BCUT2D eigenvalue weighted by atomic mass is 16.4. The van der Waals surface area contributed by atoms with Crippen molar-refractivity contribution in [3.05, 3.63) is 0 Å². The van der Waals surface area contributed by atoms with E-state index in [1.54, 1.807) is 13.8 Å². The van der Waals surface area contributed by atoms with Gasteiger partial charge in [0, 0.05) is 13.1 Å². The summed E-state index contributed by atoms with van der Waals surface area (Å²) < 4.78 is 0. The van der Waals surface area contributed by atoms with Crippen LogP contribution >= 0.6 is 0 Å². The molecule has 2 rings (SSSR count). The van der Waals surface area contributed by atoms with E-state index in [1.165, 1.54) is 16.7 Å². The lowest BCUT2D eigenvalue weighted by atomic mass is 10.0. The van der Waals surface area contributed by atoms with Gasteiger partial charge in [-0.1, -0.05) is 41.5 Å². The number of carbonyl (C=O) groups is 6. The van der Waals surface area contributed by atoms with Crippen LogP contribution in [0.5, 0.6) is 0 Å². The molecule has 6 atom stereocenters. The smallest absolute Gasteiger partial charge is 0.326 e. The molecule has 0 spiro atoms. The molecular weight excluding hydrogens is 556 g/mol. The second-order valence-electron chi connectivity index (χ2n) is 13.1. The molecule has 2 heterocycles. The molecule has 0 aromatic heterocycles. The number of carboxylic acid groups (broad SMARTS) is 1. The van der Waals surface area contributed by atoms with E-state index in [0.29, 0.717) is 51.6 Å². The molecular formula is C30H52N6O7. The summed E-state index contributed by atoms with van der Waals surface area (Å²) in [4.78, 5) is 80.6. The van der Waals surface area contributed by atoms with Crippen LogP contribution in [0.1, 0.15) is 87.0 Å². The summed E-state index contributed by atoms with van der Waals surface area (Å²) in [6.07, 6.45) is 2.55. The van der Waals surface area contributed by atoms with Crippen molar-refractivity contribution in [3.8, 4) is 0 Å². The maximum atomic E-state index is 13.8. The summed E-state index contributed by atoms with van der Waals surface area (Å²) in [7, 11) is 0. The van der Waals surface area contributed by atoms with Crippen molar-refractivity contribution in [2.75, 3.05) is 13.1 Å². The molecule has 2 aliphatic rings. The molecule has 0 aromatic carbocycles. The Balaban J connectivity index is 2.17. The van der Waals surface area contributed by atoms with Crippen molar-refractivity contribution < 1.29 is 33.9 Å². The van der Waals surface area contributed by atoms with Gasteiger partial charge in [0.05, 0.1) is 6.04 Å². The summed E-state index contributed by atoms with van der Waals surface area (Å²) in [6.45, 7) is 13.4. The topological polar surface area (TPSA) is 191 Å². The van der Waals surface area contributed by atoms with Crippen LogP contribution in [0.25, 0.3) is 0 Å². The van der Waals surface area contributed by atoms with Crippen molar-refractivity contribution in [1.29, 1.82) is 0 Å². The lowest BCUT2D eigenvalue weighted by Crippen LogP contribution is -2.59. The predicted octanol–water partition coefficient (Wildman–Crippen LogP) is 0.603. The van der Waals surface area contributed by atoms with E-state index in [4.69, 9.17) is 5.73 Å². The molecule has 13 nitrogen and oxygen atoms in total. The van der Waals surface area contributed by atoms with Crippen LogP contribution in [-0.2, 0) is 28.8 Å². The first-order valence-corrected chi connectivity index (χ1v) is 15.6. The molecule has 0 aliphatic carbocycles. The molecule has 43 heavy (non-hydrogen) atoms. The zero-order valence-corrected chi connectivity index (χ0v) is 26.7. The van der Waals surface area contributed by atoms with Gasteiger partial charge in [0.1, 0.15) is 30.2 Å². The number of aliphatic carboxylic acids is 1. The highest BCUT2D eigenvalue weighted by molar-refractivity contribution is 5.96. The summed E-state index contributed by atoms with van der Waals surface area (Å²) in [5, 5.41) is 17.8. The second-order valence-corrected chi connectivity index (χ2v) is 13.1. The van der Waals surface area contributed by atoms with Gasteiger partial charge in [0.25, 0.3) is 0 Å². The predicted molar refractivity (Wildman–Crippen MR) is 160 cm³/mol. The quantitative estimate of drug-likeness (QED) is 0.189. The van der Waals surface area contributed by atoms with E-state index in [9.17, 15) is 33.9 Å². The molecule has 2 saturated heterocycles. The second kappa shape index (κ2) is 16.0. The normalized spacial score (nSPS) is 21.5. The zero-order chi connectivity index (χ0) is 32.6. The van der Waals surface area contributed by atoms with Crippen LogP contribution in [0.15, 0.2) is 0 Å². The fraction of sp³-hybridized carbons (Fsp3) is 0.800. The number of hydrogen-bond acceptors (Lipinski definition) is 7. The lowest BCUT2D eigenvalue weighted by Gasteiger charge is -2.32. The first kappa shape index (κ1) is 36.0. The molecule has 0 unspecified atom stereocenters. The number of carbonyl (C=O) groups excluding carboxylic acids is 5. The van der Waals surface area contributed by atoms with E-state index in [1.807, 2.05) is 27.7 Å². The minimum absolute atomic E-state index is 0.0408. The lowest BCUT2D eigenvalue weighted by molar-refractivity contribution is -0.150. The van der Waals surface area contributed by atoms with Crippen molar-refractivity contribution in [2.24, 2.45) is 23.5 Å². The maximum absolute atomic E-state index is 13.8. The van der Waals surface area contributed by atoms with Crippen LogP contribution in [0.4, 0.5) is 0 Å². The SMILES string of the molecule is CC(C)C[C@H](NC(=O)[C@@H]1CCCN1C(=O)[C@H](CC(C)C)NC(=O)[C@H](C)NC(=O)[C@@H](N)C(C)C)C(=O)N1CCC[C@H]1C(=O)O. The molecule has 244 valence electrons. The number of nitrogens with two attached hydrogens (primary N) is 1. The number of rotatable bonds is 14. The van der Waals surface area contributed by atoms with Crippen molar-refractivity contribution in [2.45, 2.75) is 123 Å². The molecule has 2 fully saturated rings. The van der Waals surface area contributed by atoms with Gasteiger partial charge in [0.2, 0.25) is 29.5 Å². The zero-order valence-electron chi connectivity index (χ0n) is 26.7. The fourth-order valence-corrected chi connectivity index (χ4v) is 5.62. The Morgan fingerprint density at radius 2 is 1.19 bits per heavy atom. The summed E-state index contributed by atoms with van der Waals surface area (Å²) in [5.74, 6) is -3.41. The molecule has 5 amide bonds. The van der Waals surface area contributed by atoms with E-state index < -0.39 is 71.8 Å². The van der Waals surface area contributed by atoms with Gasteiger partial charge < -0.3 is 36.6 Å². The van der Waals surface area contributed by atoms with Crippen molar-refractivity contribution >= 4 is 35.5 Å². The number of hydrogen-bond donors (Lipinski definition) is 5. The molecule has 6 N–H and O–H groups in total. The van der Waals surface area contributed by atoms with Crippen LogP contribution in [0.2, 0.25) is 0 Å². The number of carboxylic acids is 1. The number of nitrogens with one attached hydrogen (secondary N) is 3. The average molecular weight is 609 g/mol. The highest BCUT2D eigenvalue weighted by Gasteiger charge is 2.42. The highest BCUT2D eigenvalue weighted by Crippen LogP contribution is 2.23. The average Bonchev–Trinajstić information content (AvgIpc) is 3.60. The Kier molecular flexibility index (Phi) is 13.4. The monoisotopic (exact) mass is 608 g/mol. The third-order valence-corrected chi connectivity index (χ3v) is 8.08. The van der Waals surface area contributed by atoms with E-state index >= 15 is 0 Å². The van der Waals surface area contributed by atoms with Gasteiger partial charge >= 0.3 is 5.97 Å². The fourth-order valence-electron chi connectivity index (χ4n) is 5.62.